The molecular weight excluding hydrogens is 570 g/mol. The van der Waals surface area contributed by atoms with Crippen molar-refractivity contribution in [3.05, 3.63) is 76.0 Å². The van der Waals surface area contributed by atoms with E-state index < -0.39 is 27.7 Å². The Labute approximate surface area is 245 Å². The van der Waals surface area contributed by atoms with E-state index >= 15 is 0 Å². The van der Waals surface area contributed by atoms with Crippen molar-refractivity contribution in [3.63, 3.8) is 0 Å². The van der Waals surface area contributed by atoms with Crippen LogP contribution in [0.1, 0.15) is 42.0 Å². The predicted molar refractivity (Wildman–Crippen MR) is 156 cm³/mol. The Kier molecular flexibility index (Phi) is 9.63. The quantitative estimate of drug-likeness (QED) is 0.294. The molecule has 1 saturated carbocycles. The third kappa shape index (κ3) is 7.03. The Hall–Kier alpha value is -3.12. The largest absolute Gasteiger partial charge is 0.492 e. The van der Waals surface area contributed by atoms with Gasteiger partial charge in [0, 0.05) is 23.0 Å². The van der Waals surface area contributed by atoms with E-state index in [9.17, 15) is 28.2 Å². The molecule has 0 spiro atoms. The van der Waals surface area contributed by atoms with Crippen LogP contribution in [0.15, 0.2) is 54.2 Å². The van der Waals surface area contributed by atoms with E-state index in [1.165, 1.54) is 11.1 Å². The van der Waals surface area contributed by atoms with Crippen LogP contribution >= 0.6 is 11.6 Å². The second-order valence-electron chi connectivity index (χ2n) is 10.7. The summed E-state index contributed by atoms with van der Waals surface area (Å²) >= 11 is 6.16. The Morgan fingerprint density at radius 2 is 1.83 bits per heavy atom. The van der Waals surface area contributed by atoms with Crippen molar-refractivity contribution in [1.29, 1.82) is 0 Å². The number of carboxylic acid groups (broad SMARTS) is 2. The highest BCUT2D eigenvalue weighted by molar-refractivity contribution is 7.89. The van der Waals surface area contributed by atoms with E-state index in [-0.39, 0.29) is 36.9 Å². The maximum Gasteiger partial charge on any atom is 0.353 e. The van der Waals surface area contributed by atoms with E-state index in [1.54, 1.807) is 19.0 Å². The van der Waals surface area contributed by atoms with Gasteiger partial charge in [-0.2, -0.15) is 0 Å². The van der Waals surface area contributed by atoms with Gasteiger partial charge in [0.25, 0.3) is 0 Å². The fourth-order valence-electron chi connectivity index (χ4n) is 5.62. The van der Waals surface area contributed by atoms with Crippen LogP contribution < -0.4 is 10.1 Å². The first kappa shape index (κ1) is 30.8. The highest BCUT2D eigenvalue weighted by atomic mass is 35.5. The van der Waals surface area contributed by atoms with Crippen molar-refractivity contribution in [1.82, 2.24) is 14.5 Å². The molecule has 2 aromatic rings. The summed E-state index contributed by atoms with van der Waals surface area (Å²) in [6, 6.07) is 13.9. The number of carbonyl (C=O) groups is 2. The van der Waals surface area contributed by atoms with Gasteiger partial charge in [-0.15, -0.1) is 0 Å². The summed E-state index contributed by atoms with van der Waals surface area (Å²) < 4.78 is 32.7. The molecule has 1 aliphatic carbocycles. The molecule has 2 aliphatic rings. The van der Waals surface area contributed by atoms with Crippen molar-refractivity contribution in [3.8, 4) is 5.75 Å². The lowest BCUT2D eigenvalue weighted by molar-refractivity contribution is -0.136. The normalized spacial score (nSPS) is 18.3. The molecule has 1 aliphatic heterocycles. The Morgan fingerprint density at radius 3 is 2.41 bits per heavy atom. The highest BCUT2D eigenvalue weighted by Gasteiger charge is 2.47. The second-order valence-corrected chi connectivity index (χ2v) is 13.2. The molecule has 4 rings (SSSR count). The van der Waals surface area contributed by atoms with Gasteiger partial charge in [-0.1, -0.05) is 36.2 Å². The van der Waals surface area contributed by atoms with Crippen molar-refractivity contribution >= 4 is 33.6 Å². The van der Waals surface area contributed by atoms with Crippen LogP contribution in [0, 0.1) is 0 Å². The predicted octanol–water partition coefficient (Wildman–Crippen LogP) is 3.27. The second kappa shape index (κ2) is 12.8. The van der Waals surface area contributed by atoms with E-state index in [0.717, 1.165) is 37.8 Å². The minimum Gasteiger partial charge on any atom is -0.492 e. The van der Waals surface area contributed by atoms with Gasteiger partial charge in [0.05, 0.1) is 18.4 Å². The standard InChI is InChI=1S/C29H36ClN3O7S/c1-32(2)15-17-41(38,39)33(25(28(36)37)19-26(34)35)14-16-40-23-9-4-20-10-13-31-27(24(20)18-23)29(11-3-12-29)21-5-7-22(30)8-6-21/h4-9,18-19,27,31H,3,10-17H2,1-2H3,(H,34,35)(H,36,37)/b25-19-. The lowest BCUT2D eigenvalue weighted by Crippen LogP contribution is -2.49. The number of nitrogens with zero attached hydrogens (tertiary/aromatic N) is 2. The van der Waals surface area contributed by atoms with Crippen molar-refractivity contribution in [2.24, 2.45) is 0 Å². The molecule has 1 unspecified atom stereocenters. The zero-order chi connectivity index (χ0) is 29.8. The number of hydrogen-bond donors (Lipinski definition) is 3. The fourth-order valence-corrected chi connectivity index (χ4v) is 7.34. The third-order valence-corrected chi connectivity index (χ3v) is 9.83. The maximum atomic E-state index is 13.1. The van der Waals surface area contributed by atoms with E-state index in [0.29, 0.717) is 21.2 Å². The maximum absolute atomic E-state index is 13.1. The van der Waals surface area contributed by atoms with Gasteiger partial charge in [-0.05, 0) is 80.9 Å². The smallest absolute Gasteiger partial charge is 0.353 e. The topological polar surface area (TPSA) is 136 Å². The highest BCUT2D eigenvalue weighted by Crippen LogP contribution is 2.53. The number of benzene rings is 2. The van der Waals surface area contributed by atoms with Gasteiger partial charge in [-0.3, -0.25) is 4.31 Å². The van der Waals surface area contributed by atoms with Gasteiger partial charge in [0.15, 0.2) is 0 Å². The summed E-state index contributed by atoms with van der Waals surface area (Å²) in [6.07, 6.45) is 4.44. The molecule has 0 aromatic heterocycles. The average molecular weight is 606 g/mol. The van der Waals surface area contributed by atoms with Crippen LogP contribution in [0.2, 0.25) is 5.02 Å². The summed E-state index contributed by atoms with van der Waals surface area (Å²) in [5.74, 6) is -3.08. The molecule has 2 aromatic carbocycles. The molecule has 12 heteroatoms. The molecule has 0 amide bonds. The van der Waals surface area contributed by atoms with Crippen LogP contribution in [0.4, 0.5) is 0 Å². The number of halogens is 1. The zero-order valence-corrected chi connectivity index (χ0v) is 24.7. The van der Waals surface area contributed by atoms with Crippen LogP contribution in [0.3, 0.4) is 0 Å². The number of sulfonamides is 1. The first-order valence-electron chi connectivity index (χ1n) is 13.5. The van der Waals surface area contributed by atoms with Gasteiger partial charge >= 0.3 is 11.9 Å². The summed E-state index contributed by atoms with van der Waals surface area (Å²) in [6.45, 7) is 0.439. The summed E-state index contributed by atoms with van der Waals surface area (Å²) in [7, 11) is -0.779. The van der Waals surface area contributed by atoms with Gasteiger partial charge < -0.3 is 25.2 Å². The summed E-state index contributed by atoms with van der Waals surface area (Å²) in [5.41, 5.74) is 2.65. The van der Waals surface area contributed by atoms with E-state index in [4.69, 9.17) is 16.3 Å². The Balaban J connectivity index is 1.57. The molecule has 1 heterocycles. The van der Waals surface area contributed by atoms with Crippen LogP contribution in [0.5, 0.6) is 5.75 Å². The Morgan fingerprint density at radius 1 is 1.12 bits per heavy atom. The first-order chi connectivity index (χ1) is 19.4. The van der Waals surface area contributed by atoms with Crippen LogP contribution in [-0.2, 0) is 31.4 Å². The molecule has 10 nitrogen and oxygen atoms in total. The molecule has 41 heavy (non-hydrogen) atoms. The Bertz CT molecular complexity index is 1410. The monoisotopic (exact) mass is 605 g/mol. The SMILES string of the molecule is CN(C)CCS(=O)(=O)N(CCOc1ccc2c(c1)C(C1(c3ccc(Cl)cc3)CCC1)NCC2)/C(=C\C(=O)O)C(=O)O. The van der Waals surface area contributed by atoms with E-state index in [2.05, 4.69) is 17.4 Å². The molecule has 222 valence electrons. The lowest BCUT2D eigenvalue weighted by Gasteiger charge is -2.50. The van der Waals surface area contributed by atoms with Gasteiger partial charge in [0.2, 0.25) is 10.0 Å². The number of carboxylic acids is 2. The summed E-state index contributed by atoms with van der Waals surface area (Å²) in [4.78, 5) is 24.8. The first-order valence-corrected chi connectivity index (χ1v) is 15.5. The van der Waals surface area contributed by atoms with Gasteiger partial charge in [-0.25, -0.2) is 18.0 Å². The minimum atomic E-state index is -4.15. The number of fused-ring (bicyclic) bond motifs is 1. The van der Waals surface area contributed by atoms with Crippen molar-refractivity contribution in [2.75, 3.05) is 46.1 Å². The molecule has 0 saturated heterocycles. The van der Waals surface area contributed by atoms with Crippen LogP contribution in [0.25, 0.3) is 0 Å². The fraction of sp³-hybridized carbons (Fsp3) is 0.448. The van der Waals surface area contributed by atoms with E-state index in [1.807, 2.05) is 30.3 Å². The number of rotatable bonds is 13. The molecule has 0 bridgehead atoms. The molecule has 3 N–H and O–H groups in total. The number of nitrogens with one attached hydrogen (secondary N) is 1. The number of hydrogen-bond acceptors (Lipinski definition) is 7. The third-order valence-electron chi connectivity index (χ3n) is 7.83. The number of aliphatic carboxylic acids is 2. The van der Waals surface area contributed by atoms with Crippen LogP contribution in [-0.4, -0.2) is 85.9 Å². The lowest BCUT2D eigenvalue weighted by atomic mass is 9.58. The minimum absolute atomic E-state index is 0.0600. The van der Waals surface area contributed by atoms with Gasteiger partial charge in [0.1, 0.15) is 18.1 Å². The molecular formula is C29H36ClN3O7S. The van der Waals surface area contributed by atoms with Crippen molar-refractivity contribution in [2.45, 2.75) is 37.1 Å². The molecule has 1 fully saturated rings. The summed E-state index contributed by atoms with van der Waals surface area (Å²) in [5, 5.41) is 23.2. The average Bonchev–Trinajstić information content (AvgIpc) is 2.89. The molecule has 0 radical (unpaired) electrons. The van der Waals surface area contributed by atoms with Crippen molar-refractivity contribution < 1.29 is 33.0 Å². The molecule has 1 atom stereocenters. The number of ether oxygens (including phenoxy) is 1. The zero-order valence-electron chi connectivity index (χ0n) is 23.2.